The highest BCUT2D eigenvalue weighted by atomic mass is 32.2. The molecule has 2 rings (SSSR count). The summed E-state index contributed by atoms with van der Waals surface area (Å²) >= 11 is 1.24. The lowest BCUT2D eigenvalue weighted by molar-refractivity contribution is 0.186. The first kappa shape index (κ1) is 13.0. The van der Waals surface area contributed by atoms with E-state index in [1.54, 1.807) is 18.6 Å². The number of sulfonamides is 1. The van der Waals surface area contributed by atoms with Gasteiger partial charge in [-0.15, -0.1) is 11.3 Å². The van der Waals surface area contributed by atoms with Gasteiger partial charge < -0.3 is 10.5 Å². The molecule has 0 saturated heterocycles. The standard InChI is InChI=1S/C10H16N2O3S2/c1-15-5-2-4-12-7-9(11)8-3-6-16-10(8)17(12,13)14/h3,6,9H,2,4-5,7,11H2,1H3/t9-/m0/s1. The molecule has 0 amide bonds. The van der Waals surface area contributed by atoms with Gasteiger partial charge in [0.25, 0.3) is 10.0 Å². The zero-order valence-corrected chi connectivity index (χ0v) is 11.3. The Labute approximate surface area is 105 Å². The van der Waals surface area contributed by atoms with Gasteiger partial charge in [-0.3, -0.25) is 0 Å². The van der Waals surface area contributed by atoms with Crippen LogP contribution < -0.4 is 5.73 Å². The third-order valence-corrected chi connectivity index (χ3v) is 6.15. The van der Waals surface area contributed by atoms with Crippen LogP contribution in [0.4, 0.5) is 0 Å². The van der Waals surface area contributed by atoms with Gasteiger partial charge in [0.05, 0.1) is 0 Å². The summed E-state index contributed by atoms with van der Waals surface area (Å²) in [5.74, 6) is 0. The van der Waals surface area contributed by atoms with Gasteiger partial charge >= 0.3 is 0 Å². The molecule has 96 valence electrons. The molecule has 1 atom stereocenters. The van der Waals surface area contributed by atoms with E-state index in [4.69, 9.17) is 10.5 Å². The fourth-order valence-corrected chi connectivity index (χ4v) is 5.06. The Kier molecular flexibility index (Phi) is 3.84. The van der Waals surface area contributed by atoms with Crippen molar-refractivity contribution in [3.05, 3.63) is 17.0 Å². The molecule has 0 saturated carbocycles. The number of ether oxygens (including phenoxy) is 1. The summed E-state index contributed by atoms with van der Waals surface area (Å²) in [6, 6.07) is 1.58. The van der Waals surface area contributed by atoms with E-state index in [-0.39, 0.29) is 6.04 Å². The molecule has 1 aliphatic rings. The SMILES string of the molecule is COCCCN1C[C@H](N)c2ccsc2S1(=O)=O. The van der Waals surface area contributed by atoms with Crippen molar-refractivity contribution < 1.29 is 13.2 Å². The molecule has 0 spiro atoms. The first-order valence-corrected chi connectivity index (χ1v) is 7.71. The zero-order chi connectivity index (χ0) is 12.5. The summed E-state index contributed by atoms with van der Waals surface area (Å²) in [6.45, 7) is 1.37. The smallest absolute Gasteiger partial charge is 0.252 e. The van der Waals surface area contributed by atoms with Crippen LogP contribution in [0.3, 0.4) is 0 Å². The van der Waals surface area contributed by atoms with Crippen molar-refractivity contribution in [2.75, 3.05) is 26.8 Å². The van der Waals surface area contributed by atoms with Gasteiger partial charge in [0.1, 0.15) is 4.21 Å². The molecule has 17 heavy (non-hydrogen) atoms. The Morgan fingerprint density at radius 1 is 1.65 bits per heavy atom. The van der Waals surface area contributed by atoms with Crippen molar-refractivity contribution in [3.8, 4) is 0 Å². The number of hydrogen-bond acceptors (Lipinski definition) is 5. The summed E-state index contributed by atoms with van der Waals surface area (Å²) in [6.07, 6.45) is 0.684. The van der Waals surface area contributed by atoms with Crippen molar-refractivity contribution >= 4 is 21.4 Å². The van der Waals surface area contributed by atoms with Gasteiger partial charge in [0, 0.05) is 38.4 Å². The zero-order valence-electron chi connectivity index (χ0n) is 9.63. The molecular formula is C10H16N2O3S2. The van der Waals surface area contributed by atoms with Crippen molar-refractivity contribution in [2.24, 2.45) is 5.73 Å². The largest absolute Gasteiger partial charge is 0.385 e. The summed E-state index contributed by atoms with van der Waals surface area (Å²) in [5, 5.41) is 1.78. The van der Waals surface area contributed by atoms with Crippen LogP contribution in [0.2, 0.25) is 0 Å². The molecule has 2 heterocycles. The van der Waals surface area contributed by atoms with Crippen LogP contribution in [-0.2, 0) is 14.8 Å². The maximum Gasteiger partial charge on any atom is 0.252 e. The monoisotopic (exact) mass is 276 g/mol. The Morgan fingerprint density at radius 2 is 2.41 bits per heavy atom. The molecule has 1 aliphatic heterocycles. The van der Waals surface area contributed by atoms with Crippen molar-refractivity contribution in [3.63, 3.8) is 0 Å². The minimum absolute atomic E-state index is 0.220. The highest BCUT2D eigenvalue weighted by Gasteiger charge is 2.36. The van der Waals surface area contributed by atoms with Gasteiger partial charge in [0.2, 0.25) is 0 Å². The molecule has 1 aromatic heterocycles. The molecule has 7 heteroatoms. The topological polar surface area (TPSA) is 72.6 Å². The fraction of sp³-hybridized carbons (Fsp3) is 0.600. The Balaban J connectivity index is 2.22. The number of hydrogen-bond donors (Lipinski definition) is 1. The van der Waals surface area contributed by atoms with E-state index < -0.39 is 10.0 Å². The van der Waals surface area contributed by atoms with E-state index in [0.29, 0.717) is 30.3 Å². The molecule has 0 unspecified atom stereocenters. The number of thiophene rings is 1. The molecule has 0 aliphatic carbocycles. The second-order valence-corrected chi connectivity index (χ2v) is 7.03. The van der Waals surface area contributed by atoms with E-state index in [2.05, 4.69) is 0 Å². The van der Waals surface area contributed by atoms with Crippen LogP contribution >= 0.6 is 11.3 Å². The summed E-state index contributed by atoms with van der Waals surface area (Å²) in [4.78, 5) is 0. The predicted octanol–water partition coefficient (Wildman–Crippen LogP) is 0.789. The van der Waals surface area contributed by atoms with Gasteiger partial charge in [-0.2, -0.15) is 4.31 Å². The van der Waals surface area contributed by atoms with Crippen LogP contribution in [0.1, 0.15) is 18.0 Å². The first-order chi connectivity index (χ1) is 8.07. The molecule has 5 nitrogen and oxygen atoms in total. The van der Waals surface area contributed by atoms with Gasteiger partial charge in [0.15, 0.2) is 0 Å². The fourth-order valence-electron chi connectivity index (χ4n) is 1.92. The van der Waals surface area contributed by atoms with Gasteiger partial charge in [-0.05, 0) is 17.9 Å². The number of nitrogens with zero attached hydrogens (tertiary/aromatic N) is 1. The Hall–Kier alpha value is -0.470. The molecule has 1 aromatic rings. The van der Waals surface area contributed by atoms with Crippen LogP contribution in [0.25, 0.3) is 0 Å². The predicted molar refractivity (Wildman–Crippen MR) is 66.5 cm³/mol. The minimum atomic E-state index is -3.34. The molecular weight excluding hydrogens is 260 g/mol. The first-order valence-electron chi connectivity index (χ1n) is 5.39. The van der Waals surface area contributed by atoms with Crippen molar-refractivity contribution in [1.82, 2.24) is 4.31 Å². The lowest BCUT2D eigenvalue weighted by Crippen LogP contribution is -2.42. The molecule has 0 bridgehead atoms. The second kappa shape index (κ2) is 5.03. The lowest BCUT2D eigenvalue weighted by atomic mass is 10.1. The highest BCUT2D eigenvalue weighted by molar-refractivity contribution is 7.91. The van der Waals surface area contributed by atoms with E-state index >= 15 is 0 Å². The maximum atomic E-state index is 12.2. The summed E-state index contributed by atoms with van der Waals surface area (Å²) in [5.41, 5.74) is 6.72. The number of nitrogens with two attached hydrogens (primary N) is 1. The van der Waals surface area contributed by atoms with Crippen LogP contribution in [-0.4, -0.2) is 39.5 Å². The summed E-state index contributed by atoms with van der Waals surface area (Å²) < 4.78 is 31.3. The maximum absolute atomic E-state index is 12.2. The van der Waals surface area contributed by atoms with E-state index in [0.717, 1.165) is 5.56 Å². The van der Waals surface area contributed by atoms with Gasteiger partial charge in [-0.1, -0.05) is 0 Å². The van der Waals surface area contributed by atoms with Gasteiger partial charge in [-0.25, -0.2) is 8.42 Å². The van der Waals surface area contributed by atoms with Crippen LogP contribution in [0.5, 0.6) is 0 Å². The number of fused-ring (bicyclic) bond motifs is 1. The minimum Gasteiger partial charge on any atom is -0.385 e. The summed E-state index contributed by atoms with van der Waals surface area (Å²) in [7, 11) is -1.73. The van der Waals surface area contributed by atoms with Crippen LogP contribution in [0.15, 0.2) is 15.7 Å². The van der Waals surface area contributed by atoms with Crippen molar-refractivity contribution in [2.45, 2.75) is 16.7 Å². The quantitative estimate of drug-likeness (QED) is 0.825. The molecule has 0 radical (unpaired) electrons. The highest BCUT2D eigenvalue weighted by Crippen LogP contribution is 2.34. The molecule has 0 fully saturated rings. The average Bonchev–Trinajstić information content (AvgIpc) is 2.76. The molecule has 0 aromatic carbocycles. The Morgan fingerprint density at radius 3 is 3.12 bits per heavy atom. The lowest BCUT2D eigenvalue weighted by Gasteiger charge is -2.30. The average molecular weight is 276 g/mol. The number of methoxy groups -OCH3 is 1. The number of rotatable bonds is 4. The van der Waals surface area contributed by atoms with Crippen LogP contribution in [0, 0.1) is 0 Å². The third-order valence-electron chi connectivity index (χ3n) is 2.79. The second-order valence-electron chi connectivity index (χ2n) is 3.98. The molecule has 2 N–H and O–H groups in total. The van der Waals surface area contributed by atoms with E-state index in [1.165, 1.54) is 15.6 Å². The van der Waals surface area contributed by atoms with E-state index in [1.807, 2.05) is 0 Å². The normalized spacial score (nSPS) is 23.5. The van der Waals surface area contributed by atoms with Crippen molar-refractivity contribution in [1.29, 1.82) is 0 Å². The Bertz CT molecular complexity index is 483. The third kappa shape index (κ3) is 2.38. The van der Waals surface area contributed by atoms with E-state index in [9.17, 15) is 8.42 Å².